The van der Waals surface area contributed by atoms with Crippen molar-refractivity contribution in [3.8, 4) is 0 Å². The van der Waals surface area contributed by atoms with E-state index in [1.165, 1.54) is 31.2 Å². The third-order valence-electron chi connectivity index (χ3n) is 2.75. The lowest BCUT2D eigenvalue weighted by atomic mass is 9.81. The van der Waals surface area contributed by atoms with Gasteiger partial charge in [0, 0.05) is 12.4 Å². The molecule has 0 atom stereocenters. The maximum Gasteiger partial charge on any atom is 0.115 e. The molecule has 0 aliphatic carbocycles. The maximum atomic E-state index is 4.07. The van der Waals surface area contributed by atoms with Crippen molar-refractivity contribution >= 4 is 0 Å². The highest BCUT2D eigenvalue weighted by molar-refractivity contribution is 5.15. The number of nitrogens with zero attached hydrogens (tertiary/aromatic N) is 2. The van der Waals surface area contributed by atoms with Crippen LogP contribution in [0, 0.1) is 0 Å². The number of rotatable bonds is 5. The molecule has 2 nitrogen and oxygen atoms in total. The van der Waals surface area contributed by atoms with Crippen LogP contribution < -0.4 is 0 Å². The lowest BCUT2D eigenvalue weighted by Gasteiger charge is -2.24. The van der Waals surface area contributed by atoms with E-state index in [0.717, 1.165) is 0 Å². The summed E-state index contributed by atoms with van der Waals surface area (Å²) < 4.78 is 0. The summed E-state index contributed by atoms with van der Waals surface area (Å²) in [4.78, 5) is 8.14. The summed E-state index contributed by atoms with van der Waals surface area (Å²) in [5.74, 6) is 0. The quantitative estimate of drug-likeness (QED) is 0.669. The normalized spacial score (nSPS) is 11.6. The molecule has 0 aliphatic heterocycles. The fourth-order valence-corrected chi connectivity index (χ4v) is 1.61. The van der Waals surface area contributed by atoms with Gasteiger partial charge >= 0.3 is 0 Å². The van der Waals surface area contributed by atoms with Crippen LogP contribution in [0.3, 0.4) is 0 Å². The first-order valence-electron chi connectivity index (χ1n) is 5.42. The molecule has 0 spiro atoms. The number of hydrogen-bond acceptors (Lipinski definition) is 2. The lowest BCUT2D eigenvalue weighted by molar-refractivity contribution is 0.447. The van der Waals surface area contributed by atoms with Crippen molar-refractivity contribution in [2.45, 2.75) is 51.9 Å². The zero-order valence-electron chi connectivity index (χ0n) is 9.45. The molecule has 1 aromatic heterocycles. The fraction of sp³-hybridized carbons (Fsp3) is 0.667. The minimum Gasteiger partial charge on any atom is -0.245 e. The topological polar surface area (TPSA) is 25.8 Å². The van der Waals surface area contributed by atoms with E-state index < -0.39 is 0 Å². The molecule has 0 N–H and O–H groups in total. The van der Waals surface area contributed by atoms with Crippen molar-refractivity contribution in [2.75, 3.05) is 0 Å². The molecule has 0 bridgehead atoms. The van der Waals surface area contributed by atoms with Crippen LogP contribution in [0.2, 0.25) is 0 Å². The lowest BCUT2D eigenvalue weighted by Crippen LogP contribution is -2.17. The van der Waals surface area contributed by atoms with E-state index in [1.54, 1.807) is 6.33 Å². The summed E-state index contributed by atoms with van der Waals surface area (Å²) in [7, 11) is 0. The number of hydrogen-bond donors (Lipinski definition) is 0. The van der Waals surface area contributed by atoms with Gasteiger partial charge in [-0.05, 0) is 17.4 Å². The largest absolute Gasteiger partial charge is 0.245 e. The van der Waals surface area contributed by atoms with E-state index in [-0.39, 0.29) is 5.41 Å². The minimum atomic E-state index is 0.219. The Morgan fingerprint density at radius 1 is 1.14 bits per heavy atom. The second-order valence-corrected chi connectivity index (χ2v) is 4.47. The molecular weight excluding hydrogens is 172 g/mol. The summed E-state index contributed by atoms with van der Waals surface area (Å²) >= 11 is 0. The molecular formula is C12H20N2. The smallest absolute Gasteiger partial charge is 0.115 e. The highest BCUT2D eigenvalue weighted by Crippen LogP contribution is 2.27. The van der Waals surface area contributed by atoms with E-state index in [1.807, 2.05) is 12.4 Å². The Kier molecular flexibility index (Phi) is 4.05. The average molecular weight is 192 g/mol. The third-order valence-corrected chi connectivity index (χ3v) is 2.75. The van der Waals surface area contributed by atoms with Gasteiger partial charge < -0.3 is 0 Å². The van der Waals surface area contributed by atoms with Gasteiger partial charge in [0.2, 0.25) is 0 Å². The molecule has 1 rings (SSSR count). The van der Waals surface area contributed by atoms with Crippen LogP contribution in [0.5, 0.6) is 0 Å². The zero-order chi connectivity index (χ0) is 10.4. The fourth-order valence-electron chi connectivity index (χ4n) is 1.61. The second-order valence-electron chi connectivity index (χ2n) is 4.47. The molecule has 0 aromatic carbocycles. The molecule has 0 saturated carbocycles. The van der Waals surface area contributed by atoms with E-state index >= 15 is 0 Å². The van der Waals surface area contributed by atoms with Gasteiger partial charge in [0.1, 0.15) is 6.33 Å². The van der Waals surface area contributed by atoms with Crippen LogP contribution in [0.1, 0.15) is 52.0 Å². The van der Waals surface area contributed by atoms with Gasteiger partial charge in [0.25, 0.3) is 0 Å². The van der Waals surface area contributed by atoms with Gasteiger partial charge in [-0.15, -0.1) is 0 Å². The van der Waals surface area contributed by atoms with E-state index in [9.17, 15) is 0 Å². The third kappa shape index (κ3) is 3.09. The molecule has 2 heteroatoms. The van der Waals surface area contributed by atoms with Crippen LogP contribution >= 0.6 is 0 Å². The van der Waals surface area contributed by atoms with Crippen molar-refractivity contribution in [1.82, 2.24) is 9.97 Å². The summed E-state index contributed by atoms with van der Waals surface area (Å²) in [6.45, 7) is 6.77. The molecule has 0 saturated heterocycles. The molecule has 1 aromatic rings. The molecule has 1 heterocycles. The Bertz CT molecular complexity index is 254. The highest BCUT2D eigenvalue weighted by Gasteiger charge is 2.20. The molecule has 0 radical (unpaired) electrons. The molecule has 0 amide bonds. The first kappa shape index (κ1) is 11.2. The molecule has 0 aliphatic rings. The Morgan fingerprint density at radius 2 is 1.79 bits per heavy atom. The second kappa shape index (κ2) is 5.08. The first-order chi connectivity index (χ1) is 6.67. The van der Waals surface area contributed by atoms with E-state index in [2.05, 4.69) is 30.7 Å². The van der Waals surface area contributed by atoms with Crippen LogP contribution in [-0.4, -0.2) is 9.97 Å². The summed E-state index contributed by atoms with van der Waals surface area (Å²) in [6, 6.07) is 0. The summed E-state index contributed by atoms with van der Waals surface area (Å²) in [5.41, 5.74) is 1.47. The molecule has 0 fully saturated rings. The maximum absolute atomic E-state index is 4.07. The predicted molar refractivity (Wildman–Crippen MR) is 59.2 cm³/mol. The van der Waals surface area contributed by atoms with Gasteiger partial charge in [-0.25, -0.2) is 9.97 Å². The molecule has 78 valence electrons. The number of unbranched alkanes of at least 4 members (excludes halogenated alkanes) is 2. The van der Waals surface area contributed by atoms with Crippen molar-refractivity contribution < 1.29 is 0 Å². The Hall–Kier alpha value is -0.920. The monoisotopic (exact) mass is 192 g/mol. The Morgan fingerprint density at radius 3 is 2.36 bits per heavy atom. The Balaban J connectivity index is 2.56. The van der Waals surface area contributed by atoms with Crippen molar-refractivity contribution in [3.63, 3.8) is 0 Å². The predicted octanol–water partition coefficient (Wildman–Crippen LogP) is 3.33. The van der Waals surface area contributed by atoms with Crippen LogP contribution in [0.4, 0.5) is 0 Å². The van der Waals surface area contributed by atoms with Gasteiger partial charge in [0.15, 0.2) is 0 Å². The summed E-state index contributed by atoms with van der Waals surface area (Å²) in [6.07, 6.45) is 10.6. The van der Waals surface area contributed by atoms with Gasteiger partial charge in [-0.2, -0.15) is 0 Å². The number of aromatic nitrogens is 2. The summed E-state index contributed by atoms with van der Waals surface area (Å²) in [5, 5.41) is 0. The molecule has 14 heavy (non-hydrogen) atoms. The van der Waals surface area contributed by atoms with Gasteiger partial charge in [-0.3, -0.25) is 0 Å². The van der Waals surface area contributed by atoms with E-state index in [4.69, 9.17) is 0 Å². The minimum absolute atomic E-state index is 0.219. The van der Waals surface area contributed by atoms with Crippen LogP contribution in [0.15, 0.2) is 18.7 Å². The van der Waals surface area contributed by atoms with Gasteiger partial charge in [0.05, 0.1) is 0 Å². The zero-order valence-corrected chi connectivity index (χ0v) is 9.45. The average Bonchev–Trinajstić information content (AvgIpc) is 2.19. The van der Waals surface area contributed by atoms with Crippen LogP contribution in [0.25, 0.3) is 0 Å². The highest BCUT2D eigenvalue weighted by atomic mass is 14.8. The van der Waals surface area contributed by atoms with Crippen molar-refractivity contribution in [3.05, 3.63) is 24.3 Å². The first-order valence-corrected chi connectivity index (χ1v) is 5.42. The van der Waals surface area contributed by atoms with Gasteiger partial charge in [-0.1, -0.05) is 40.0 Å². The molecule has 0 unspecified atom stereocenters. The standard InChI is InChI=1S/C12H20N2/c1-4-5-6-7-12(2,3)11-8-13-10-14-9-11/h8-10H,4-7H2,1-3H3. The van der Waals surface area contributed by atoms with E-state index in [0.29, 0.717) is 0 Å². The Labute approximate surface area is 86.8 Å². The van der Waals surface area contributed by atoms with Crippen molar-refractivity contribution in [1.29, 1.82) is 0 Å². The van der Waals surface area contributed by atoms with Crippen LogP contribution in [-0.2, 0) is 5.41 Å². The van der Waals surface area contributed by atoms with Crippen molar-refractivity contribution in [2.24, 2.45) is 0 Å². The SMILES string of the molecule is CCCCCC(C)(C)c1cncnc1.